The molecule has 66 valence electrons. The first-order valence-corrected chi connectivity index (χ1v) is 3.24. The van der Waals surface area contributed by atoms with Crippen LogP contribution in [0.4, 0.5) is 4.79 Å². The first-order valence-electron chi connectivity index (χ1n) is 3.24. The van der Waals surface area contributed by atoms with E-state index < -0.39 is 12.4 Å². The Morgan fingerprint density at radius 1 is 1.64 bits per heavy atom. The third-order valence-corrected chi connectivity index (χ3v) is 1.01. The van der Waals surface area contributed by atoms with Crippen molar-refractivity contribution in [2.24, 2.45) is 0 Å². The van der Waals surface area contributed by atoms with Gasteiger partial charge in [-0.25, -0.2) is 4.79 Å². The second-order valence-electron chi connectivity index (χ2n) is 1.89. The quantitative estimate of drug-likeness (QED) is 0.446. The average molecular weight is 164 g/mol. The molecule has 0 bridgehead atoms. The Morgan fingerprint density at radius 3 is 2.73 bits per heavy atom. The number of aliphatic hydroxyl groups excluding tert-OH is 2. The van der Waals surface area contributed by atoms with Crippen LogP contribution in [-0.4, -0.2) is 36.4 Å². The number of ether oxygens (including phenoxy) is 2. The maximum atomic E-state index is 10.3. The predicted octanol–water partition coefficient (Wildman–Crippen LogP) is -0.140. The summed E-state index contributed by atoms with van der Waals surface area (Å²) in [6.45, 7) is -0.0401. The molecule has 5 heteroatoms. The lowest BCUT2D eigenvalue weighted by Crippen LogP contribution is -2.17. The molecule has 11 heavy (non-hydrogen) atoms. The van der Waals surface area contributed by atoms with Crippen molar-refractivity contribution in [3.8, 4) is 0 Å². The number of methoxy groups -OCH3 is 1. The number of carbonyl (C=O) groups is 1. The summed E-state index contributed by atoms with van der Waals surface area (Å²) < 4.78 is 8.40. The summed E-state index contributed by atoms with van der Waals surface area (Å²) in [5.41, 5.74) is 0. The van der Waals surface area contributed by atoms with Crippen LogP contribution in [0, 0.1) is 0 Å². The van der Waals surface area contributed by atoms with Crippen LogP contribution in [0.2, 0.25) is 0 Å². The minimum Gasteiger partial charge on any atom is -0.438 e. The predicted molar refractivity (Wildman–Crippen MR) is 35.8 cm³/mol. The normalized spacial score (nSPS) is 12.3. The van der Waals surface area contributed by atoms with E-state index in [0.717, 1.165) is 7.11 Å². The Balaban J connectivity index is 3.35. The summed E-state index contributed by atoms with van der Waals surface area (Å²) in [5.74, 6) is 0. The molecule has 5 nitrogen and oxygen atoms in total. The summed E-state index contributed by atoms with van der Waals surface area (Å²) in [6, 6.07) is 0. The van der Waals surface area contributed by atoms with Crippen molar-refractivity contribution in [2.45, 2.75) is 19.1 Å². The molecule has 0 aliphatic heterocycles. The average Bonchev–Trinajstić information content (AvgIpc) is 2.00. The summed E-state index contributed by atoms with van der Waals surface area (Å²) in [7, 11) is 1.15. The van der Waals surface area contributed by atoms with E-state index in [0.29, 0.717) is 6.42 Å². The number of carbonyl (C=O) groups excluding carboxylic acids is 1. The molecular weight excluding hydrogens is 152 g/mol. The molecule has 0 saturated carbocycles. The van der Waals surface area contributed by atoms with E-state index in [1.54, 1.807) is 0 Å². The highest BCUT2D eigenvalue weighted by atomic mass is 16.8. The standard InChI is InChI=1S/C6H12O5/c1-10-6(9)11-5(8)3-2-4-7/h5,7-8H,2-4H2,1H3. The fourth-order valence-electron chi connectivity index (χ4n) is 0.484. The molecule has 0 saturated heterocycles. The van der Waals surface area contributed by atoms with E-state index in [9.17, 15) is 4.79 Å². The minimum atomic E-state index is -1.19. The molecule has 0 aromatic rings. The largest absolute Gasteiger partial charge is 0.510 e. The number of aliphatic hydroxyl groups is 2. The van der Waals surface area contributed by atoms with Crippen molar-refractivity contribution in [3.05, 3.63) is 0 Å². The topological polar surface area (TPSA) is 76.0 Å². The second-order valence-corrected chi connectivity index (χ2v) is 1.89. The molecule has 0 aliphatic carbocycles. The van der Waals surface area contributed by atoms with Crippen LogP contribution in [-0.2, 0) is 9.47 Å². The maximum Gasteiger partial charge on any atom is 0.510 e. The molecule has 0 fully saturated rings. The lowest BCUT2D eigenvalue weighted by molar-refractivity contribution is -0.0815. The van der Waals surface area contributed by atoms with Gasteiger partial charge in [-0.2, -0.15) is 0 Å². The fraction of sp³-hybridized carbons (Fsp3) is 0.833. The lowest BCUT2D eigenvalue weighted by Gasteiger charge is -2.08. The first-order chi connectivity index (χ1) is 5.20. The zero-order valence-electron chi connectivity index (χ0n) is 6.32. The van der Waals surface area contributed by atoms with Crippen LogP contribution in [0.15, 0.2) is 0 Å². The molecule has 1 unspecified atom stereocenters. The van der Waals surface area contributed by atoms with Gasteiger partial charge in [0, 0.05) is 13.0 Å². The Kier molecular flexibility index (Phi) is 5.50. The second kappa shape index (κ2) is 5.94. The van der Waals surface area contributed by atoms with Crippen molar-refractivity contribution in [3.63, 3.8) is 0 Å². The monoisotopic (exact) mass is 164 g/mol. The SMILES string of the molecule is COC(=O)OC(O)CCCO. The van der Waals surface area contributed by atoms with E-state index in [4.69, 9.17) is 10.2 Å². The van der Waals surface area contributed by atoms with Gasteiger partial charge in [0.25, 0.3) is 0 Å². The molecule has 0 heterocycles. The zero-order chi connectivity index (χ0) is 8.69. The third kappa shape index (κ3) is 5.63. The van der Waals surface area contributed by atoms with Gasteiger partial charge in [-0.05, 0) is 6.42 Å². The van der Waals surface area contributed by atoms with Crippen LogP contribution in [0.1, 0.15) is 12.8 Å². The first kappa shape index (κ1) is 10.2. The molecule has 0 aromatic carbocycles. The van der Waals surface area contributed by atoms with Gasteiger partial charge in [0.1, 0.15) is 0 Å². The molecule has 0 rings (SSSR count). The van der Waals surface area contributed by atoms with Crippen molar-refractivity contribution >= 4 is 6.16 Å². The molecule has 1 atom stereocenters. The van der Waals surface area contributed by atoms with Crippen LogP contribution in [0.5, 0.6) is 0 Å². The van der Waals surface area contributed by atoms with Gasteiger partial charge in [-0.1, -0.05) is 0 Å². The van der Waals surface area contributed by atoms with Gasteiger partial charge in [0.05, 0.1) is 7.11 Å². The van der Waals surface area contributed by atoms with Crippen LogP contribution >= 0.6 is 0 Å². The highest BCUT2D eigenvalue weighted by molar-refractivity contribution is 5.59. The summed E-state index contributed by atoms with van der Waals surface area (Å²) in [4.78, 5) is 10.3. The highest BCUT2D eigenvalue weighted by Crippen LogP contribution is 1.99. The molecule has 0 radical (unpaired) electrons. The summed E-state index contributed by atoms with van der Waals surface area (Å²) >= 11 is 0. The lowest BCUT2D eigenvalue weighted by atomic mass is 10.3. The van der Waals surface area contributed by atoms with E-state index in [2.05, 4.69) is 9.47 Å². The van der Waals surface area contributed by atoms with Gasteiger partial charge >= 0.3 is 6.16 Å². The smallest absolute Gasteiger partial charge is 0.438 e. The molecule has 0 spiro atoms. The van der Waals surface area contributed by atoms with Gasteiger partial charge in [0.15, 0.2) is 0 Å². The third-order valence-electron chi connectivity index (χ3n) is 1.01. The van der Waals surface area contributed by atoms with Crippen LogP contribution in [0.3, 0.4) is 0 Å². The van der Waals surface area contributed by atoms with Gasteiger partial charge in [-0.15, -0.1) is 0 Å². The molecule has 2 N–H and O–H groups in total. The Hall–Kier alpha value is -0.810. The number of rotatable bonds is 4. The number of hydrogen-bond acceptors (Lipinski definition) is 5. The van der Waals surface area contributed by atoms with Crippen molar-refractivity contribution < 1.29 is 24.5 Å². The van der Waals surface area contributed by atoms with Gasteiger partial charge in [0.2, 0.25) is 6.29 Å². The molecule has 0 aliphatic rings. The van der Waals surface area contributed by atoms with Gasteiger partial charge in [-0.3, -0.25) is 0 Å². The van der Waals surface area contributed by atoms with Crippen LogP contribution < -0.4 is 0 Å². The van der Waals surface area contributed by atoms with E-state index >= 15 is 0 Å². The zero-order valence-corrected chi connectivity index (χ0v) is 6.32. The maximum absolute atomic E-state index is 10.3. The van der Waals surface area contributed by atoms with Gasteiger partial charge < -0.3 is 19.7 Å². The van der Waals surface area contributed by atoms with E-state index in [1.807, 2.05) is 0 Å². The van der Waals surface area contributed by atoms with Crippen molar-refractivity contribution in [2.75, 3.05) is 13.7 Å². The fourth-order valence-corrected chi connectivity index (χ4v) is 0.484. The van der Waals surface area contributed by atoms with Crippen molar-refractivity contribution in [1.82, 2.24) is 0 Å². The number of hydrogen-bond donors (Lipinski definition) is 2. The molecule has 0 amide bonds. The Morgan fingerprint density at radius 2 is 2.27 bits per heavy atom. The summed E-state index contributed by atoms with van der Waals surface area (Å²) in [6.07, 6.45) is -1.51. The Bertz CT molecular complexity index is 114. The minimum absolute atomic E-state index is 0.0401. The molecular formula is C6H12O5. The van der Waals surface area contributed by atoms with Crippen molar-refractivity contribution in [1.29, 1.82) is 0 Å². The Labute approximate surface area is 64.5 Å². The highest BCUT2D eigenvalue weighted by Gasteiger charge is 2.09. The molecule has 0 aromatic heterocycles. The van der Waals surface area contributed by atoms with E-state index in [-0.39, 0.29) is 13.0 Å². The summed E-state index contributed by atoms with van der Waals surface area (Å²) in [5, 5.41) is 17.2. The van der Waals surface area contributed by atoms with Crippen LogP contribution in [0.25, 0.3) is 0 Å². The van der Waals surface area contributed by atoms with E-state index in [1.165, 1.54) is 0 Å².